The molecule has 4 heteroatoms. The highest BCUT2D eigenvalue weighted by molar-refractivity contribution is 8.01. The minimum absolute atomic E-state index is 0.370. The SMILES string of the molecule is CN=C(NCC1(Sc2ccccc2)CC1)NC1CCCC1. The van der Waals surface area contributed by atoms with Crippen molar-refractivity contribution in [1.82, 2.24) is 10.6 Å². The third-order valence-corrected chi connectivity index (χ3v) is 5.88. The Hall–Kier alpha value is -1.16. The monoisotopic (exact) mass is 303 g/mol. The van der Waals surface area contributed by atoms with E-state index in [1.807, 2.05) is 18.8 Å². The van der Waals surface area contributed by atoms with Crippen molar-refractivity contribution in [2.24, 2.45) is 4.99 Å². The summed E-state index contributed by atoms with van der Waals surface area (Å²) in [7, 11) is 1.87. The maximum absolute atomic E-state index is 4.37. The lowest BCUT2D eigenvalue weighted by Crippen LogP contribution is -2.44. The van der Waals surface area contributed by atoms with E-state index in [0.717, 1.165) is 12.5 Å². The number of guanidine groups is 1. The molecule has 0 spiro atoms. The van der Waals surface area contributed by atoms with Crippen molar-refractivity contribution in [2.45, 2.75) is 54.2 Å². The van der Waals surface area contributed by atoms with Gasteiger partial charge in [0.2, 0.25) is 0 Å². The number of hydrogen-bond acceptors (Lipinski definition) is 2. The van der Waals surface area contributed by atoms with Gasteiger partial charge in [0.25, 0.3) is 0 Å². The van der Waals surface area contributed by atoms with Gasteiger partial charge in [0.05, 0.1) is 0 Å². The minimum atomic E-state index is 0.370. The topological polar surface area (TPSA) is 36.4 Å². The second kappa shape index (κ2) is 6.73. The Labute approximate surface area is 132 Å². The Bertz CT molecular complexity index is 476. The van der Waals surface area contributed by atoms with Crippen LogP contribution in [-0.4, -0.2) is 30.3 Å². The van der Waals surface area contributed by atoms with Gasteiger partial charge in [-0.2, -0.15) is 0 Å². The van der Waals surface area contributed by atoms with E-state index >= 15 is 0 Å². The Kier molecular flexibility index (Phi) is 4.73. The van der Waals surface area contributed by atoms with Gasteiger partial charge in [-0.15, -0.1) is 11.8 Å². The van der Waals surface area contributed by atoms with Crippen LogP contribution >= 0.6 is 11.8 Å². The molecule has 1 aromatic rings. The Morgan fingerprint density at radius 1 is 1.24 bits per heavy atom. The molecule has 0 atom stereocenters. The van der Waals surface area contributed by atoms with Crippen LogP contribution in [0.2, 0.25) is 0 Å². The summed E-state index contributed by atoms with van der Waals surface area (Å²) in [5.74, 6) is 0.974. The van der Waals surface area contributed by atoms with Crippen LogP contribution in [0.1, 0.15) is 38.5 Å². The molecule has 0 bridgehead atoms. The van der Waals surface area contributed by atoms with Gasteiger partial charge in [0, 0.05) is 29.3 Å². The lowest BCUT2D eigenvalue weighted by molar-refractivity contribution is 0.611. The third-order valence-electron chi connectivity index (χ3n) is 4.38. The van der Waals surface area contributed by atoms with E-state index in [1.54, 1.807) is 0 Å². The molecule has 2 aliphatic carbocycles. The zero-order valence-electron chi connectivity index (χ0n) is 12.8. The molecule has 2 aliphatic rings. The highest BCUT2D eigenvalue weighted by Gasteiger charge is 2.43. The number of benzene rings is 1. The molecule has 0 heterocycles. The van der Waals surface area contributed by atoms with Gasteiger partial charge >= 0.3 is 0 Å². The van der Waals surface area contributed by atoms with E-state index in [2.05, 4.69) is 46.0 Å². The second-order valence-electron chi connectivity index (χ2n) is 6.15. The van der Waals surface area contributed by atoms with Crippen LogP contribution in [0, 0.1) is 0 Å². The molecular formula is C17H25N3S. The van der Waals surface area contributed by atoms with E-state index < -0.39 is 0 Å². The van der Waals surface area contributed by atoms with Gasteiger partial charge in [-0.1, -0.05) is 31.0 Å². The summed E-state index contributed by atoms with van der Waals surface area (Å²) in [5, 5.41) is 7.10. The molecule has 2 N–H and O–H groups in total. The summed E-state index contributed by atoms with van der Waals surface area (Å²) < 4.78 is 0.370. The van der Waals surface area contributed by atoms with Crippen LogP contribution in [0.15, 0.2) is 40.2 Å². The lowest BCUT2D eigenvalue weighted by Gasteiger charge is -2.20. The molecule has 2 saturated carbocycles. The summed E-state index contributed by atoms with van der Waals surface area (Å²) in [6.45, 7) is 0.999. The zero-order valence-corrected chi connectivity index (χ0v) is 13.6. The average Bonchev–Trinajstić information content (AvgIpc) is 3.08. The quantitative estimate of drug-likeness (QED) is 0.646. The van der Waals surface area contributed by atoms with E-state index in [4.69, 9.17) is 0 Å². The predicted octanol–water partition coefficient (Wildman–Crippen LogP) is 3.42. The highest BCUT2D eigenvalue weighted by Crippen LogP contribution is 2.51. The van der Waals surface area contributed by atoms with Crippen molar-refractivity contribution in [2.75, 3.05) is 13.6 Å². The number of nitrogens with zero attached hydrogens (tertiary/aromatic N) is 1. The molecule has 0 amide bonds. The summed E-state index contributed by atoms with van der Waals surface area (Å²) in [6, 6.07) is 11.3. The van der Waals surface area contributed by atoms with Gasteiger partial charge in [0.1, 0.15) is 0 Å². The van der Waals surface area contributed by atoms with E-state index in [1.165, 1.54) is 43.4 Å². The molecule has 3 nitrogen and oxygen atoms in total. The van der Waals surface area contributed by atoms with E-state index in [9.17, 15) is 0 Å². The Balaban J connectivity index is 1.49. The van der Waals surface area contributed by atoms with Crippen molar-refractivity contribution < 1.29 is 0 Å². The van der Waals surface area contributed by atoms with E-state index in [-0.39, 0.29) is 0 Å². The van der Waals surface area contributed by atoms with Crippen molar-refractivity contribution >= 4 is 17.7 Å². The first-order valence-corrected chi connectivity index (χ1v) is 8.83. The molecule has 0 unspecified atom stereocenters. The van der Waals surface area contributed by atoms with Crippen LogP contribution in [0.25, 0.3) is 0 Å². The van der Waals surface area contributed by atoms with Crippen LogP contribution in [0.4, 0.5) is 0 Å². The molecular weight excluding hydrogens is 278 g/mol. The molecule has 114 valence electrons. The molecule has 1 aromatic carbocycles. The summed E-state index contributed by atoms with van der Waals surface area (Å²) >= 11 is 2.01. The van der Waals surface area contributed by atoms with Gasteiger partial charge in [0.15, 0.2) is 5.96 Å². The molecule has 3 rings (SSSR count). The normalized spacial score (nSPS) is 21.3. The summed E-state index contributed by atoms with van der Waals surface area (Å²) in [5.41, 5.74) is 0. The van der Waals surface area contributed by atoms with Crippen LogP contribution in [-0.2, 0) is 0 Å². The largest absolute Gasteiger partial charge is 0.355 e. The third kappa shape index (κ3) is 4.16. The fourth-order valence-electron chi connectivity index (χ4n) is 2.90. The predicted molar refractivity (Wildman–Crippen MR) is 91.0 cm³/mol. The summed E-state index contributed by atoms with van der Waals surface area (Å²) in [6.07, 6.45) is 7.85. The molecule has 0 radical (unpaired) electrons. The smallest absolute Gasteiger partial charge is 0.191 e. The van der Waals surface area contributed by atoms with Crippen molar-refractivity contribution in [3.8, 4) is 0 Å². The molecule has 21 heavy (non-hydrogen) atoms. The van der Waals surface area contributed by atoms with Gasteiger partial charge in [-0.25, -0.2) is 0 Å². The first kappa shape index (κ1) is 14.8. The first-order valence-electron chi connectivity index (χ1n) is 8.01. The summed E-state index contributed by atoms with van der Waals surface area (Å²) in [4.78, 5) is 5.75. The van der Waals surface area contributed by atoms with E-state index in [0.29, 0.717) is 10.8 Å². The molecule has 0 aliphatic heterocycles. The Morgan fingerprint density at radius 3 is 2.57 bits per heavy atom. The van der Waals surface area contributed by atoms with Crippen molar-refractivity contribution in [1.29, 1.82) is 0 Å². The van der Waals surface area contributed by atoms with Crippen LogP contribution in [0.5, 0.6) is 0 Å². The second-order valence-corrected chi connectivity index (χ2v) is 7.69. The number of nitrogens with one attached hydrogen (secondary N) is 2. The van der Waals surface area contributed by atoms with Crippen molar-refractivity contribution in [3.63, 3.8) is 0 Å². The van der Waals surface area contributed by atoms with Crippen LogP contribution in [0.3, 0.4) is 0 Å². The highest BCUT2D eigenvalue weighted by atomic mass is 32.2. The molecule has 2 fully saturated rings. The standard InChI is InChI=1S/C17H25N3S/c1-18-16(20-14-7-5-6-8-14)19-13-17(11-12-17)21-15-9-3-2-4-10-15/h2-4,9-10,14H,5-8,11-13H2,1H3,(H2,18,19,20). The number of rotatable bonds is 5. The molecule has 0 saturated heterocycles. The zero-order chi connectivity index (χ0) is 14.5. The minimum Gasteiger partial charge on any atom is -0.355 e. The lowest BCUT2D eigenvalue weighted by atomic mass is 10.2. The van der Waals surface area contributed by atoms with Crippen molar-refractivity contribution in [3.05, 3.63) is 30.3 Å². The number of aliphatic imine (C=N–C) groups is 1. The maximum atomic E-state index is 4.37. The Morgan fingerprint density at radius 2 is 1.95 bits per heavy atom. The maximum Gasteiger partial charge on any atom is 0.191 e. The van der Waals surface area contributed by atoms with Crippen LogP contribution < -0.4 is 10.6 Å². The van der Waals surface area contributed by atoms with Gasteiger partial charge in [-0.3, -0.25) is 4.99 Å². The van der Waals surface area contributed by atoms with Gasteiger partial charge < -0.3 is 10.6 Å². The fraction of sp³-hybridized carbons (Fsp3) is 0.588. The first-order chi connectivity index (χ1) is 10.3. The number of thioether (sulfide) groups is 1. The fourth-order valence-corrected chi connectivity index (χ4v) is 4.14. The average molecular weight is 303 g/mol. The molecule has 0 aromatic heterocycles. The number of hydrogen-bond donors (Lipinski definition) is 2. The van der Waals surface area contributed by atoms with Gasteiger partial charge in [-0.05, 0) is 37.8 Å².